The van der Waals surface area contributed by atoms with Gasteiger partial charge in [-0.2, -0.15) is 0 Å². The Hall–Kier alpha value is -2.41. The number of likely N-dealkylation sites (tertiary alicyclic amines) is 1. The van der Waals surface area contributed by atoms with Gasteiger partial charge in [-0.25, -0.2) is 12.8 Å². The molecule has 3 rings (SSSR count). The van der Waals surface area contributed by atoms with Crippen LogP contribution in [0, 0.1) is 5.82 Å². The molecule has 1 aliphatic heterocycles. The van der Waals surface area contributed by atoms with Crippen molar-refractivity contribution in [3.8, 4) is 0 Å². The summed E-state index contributed by atoms with van der Waals surface area (Å²) < 4.78 is 41.0. The van der Waals surface area contributed by atoms with Gasteiger partial charge in [0.05, 0.1) is 0 Å². The fourth-order valence-electron chi connectivity index (χ4n) is 3.04. The van der Waals surface area contributed by atoms with Gasteiger partial charge in [0.15, 0.2) is 0 Å². The zero-order chi connectivity index (χ0) is 18.6. The molecule has 1 heterocycles. The molecule has 1 saturated heterocycles. The van der Waals surface area contributed by atoms with Crippen LogP contribution in [0.1, 0.15) is 36.0 Å². The molecular weight excluding hydrogens is 355 g/mol. The molecule has 1 fully saturated rings. The first kappa shape index (κ1) is 18.4. The molecule has 0 bridgehead atoms. The molecule has 0 aliphatic carbocycles. The number of nitrogens with one attached hydrogen (secondary N) is 1. The summed E-state index contributed by atoms with van der Waals surface area (Å²) in [6.45, 7) is 1.42. The van der Waals surface area contributed by atoms with Gasteiger partial charge in [0, 0.05) is 24.3 Å². The van der Waals surface area contributed by atoms with E-state index in [4.69, 9.17) is 0 Å². The van der Waals surface area contributed by atoms with Gasteiger partial charge >= 0.3 is 0 Å². The van der Waals surface area contributed by atoms with Gasteiger partial charge in [0.25, 0.3) is 15.9 Å². The lowest BCUT2D eigenvalue weighted by atomic mass is 10.1. The zero-order valence-corrected chi connectivity index (χ0v) is 15.1. The van der Waals surface area contributed by atoms with E-state index in [-0.39, 0.29) is 11.6 Å². The Kier molecular flexibility index (Phi) is 5.56. The lowest BCUT2D eigenvalue weighted by Gasteiger charge is -2.20. The Morgan fingerprint density at radius 3 is 2.35 bits per heavy atom. The molecule has 0 atom stereocenters. The Morgan fingerprint density at radius 1 is 0.962 bits per heavy atom. The Labute approximate surface area is 152 Å². The first-order chi connectivity index (χ1) is 12.5. The first-order valence-corrected chi connectivity index (χ1v) is 10.1. The lowest BCUT2D eigenvalue weighted by Crippen LogP contribution is -2.31. The number of sulfonamides is 1. The number of amides is 1. The van der Waals surface area contributed by atoms with Crippen molar-refractivity contribution in [2.45, 2.75) is 30.6 Å². The van der Waals surface area contributed by atoms with Crippen LogP contribution in [0.5, 0.6) is 0 Å². The van der Waals surface area contributed by atoms with E-state index in [0.717, 1.165) is 31.7 Å². The van der Waals surface area contributed by atoms with Crippen LogP contribution < -0.4 is 4.72 Å². The number of nitrogens with zero attached hydrogens (tertiary/aromatic N) is 1. The van der Waals surface area contributed by atoms with Crippen LogP contribution in [0.4, 0.5) is 10.1 Å². The van der Waals surface area contributed by atoms with Crippen molar-refractivity contribution in [2.75, 3.05) is 17.8 Å². The molecule has 0 spiro atoms. The number of carbonyl (C=O) groups is 1. The highest BCUT2D eigenvalue weighted by molar-refractivity contribution is 7.92. The van der Waals surface area contributed by atoms with E-state index >= 15 is 0 Å². The molecule has 26 heavy (non-hydrogen) atoms. The maximum Gasteiger partial charge on any atom is 0.264 e. The number of anilines is 1. The molecule has 1 aliphatic rings. The fourth-order valence-corrected chi connectivity index (χ4v) is 4.17. The van der Waals surface area contributed by atoms with E-state index < -0.39 is 20.7 Å². The smallest absolute Gasteiger partial charge is 0.264 e. The van der Waals surface area contributed by atoms with Crippen molar-refractivity contribution in [3.05, 3.63) is 59.9 Å². The number of benzene rings is 2. The second-order valence-corrected chi connectivity index (χ2v) is 7.97. The highest BCUT2D eigenvalue weighted by Gasteiger charge is 2.21. The SMILES string of the molecule is O=C(c1cccc(NS(=O)(=O)c2ccccc2F)c1)N1CCCCCC1. The average molecular weight is 376 g/mol. The molecule has 0 aromatic heterocycles. The Bertz CT molecular complexity index is 891. The summed E-state index contributed by atoms with van der Waals surface area (Å²) in [5.74, 6) is -0.935. The lowest BCUT2D eigenvalue weighted by molar-refractivity contribution is 0.0761. The molecule has 2 aromatic carbocycles. The van der Waals surface area contributed by atoms with Crippen LogP contribution in [0.15, 0.2) is 53.4 Å². The fraction of sp³-hybridized carbons (Fsp3) is 0.316. The van der Waals surface area contributed by atoms with Gasteiger partial charge in [0.2, 0.25) is 0 Å². The van der Waals surface area contributed by atoms with E-state index in [2.05, 4.69) is 4.72 Å². The van der Waals surface area contributed by atoms with Gasteiger partial charge in [0.1, 0.15) is 10.7 Å². The molecular formula is C19H21FN2O3S. The monoisotopic (exact) mass is 376 g/mol. The number of hydrogen-bond acceptors (Lipinski definition) is 3. The van der Waals surface area contributed by atoms with Crippen molar-refractivity contribution in [1.82, 2.24) is 4.90 Å². The molecule has 0 radical (unpaired) electrons. The minimum atomic E-state index is -4.07. The minimum absolute atomic E-state index is 0.112. The van der Waals surface area contributed by atoms with Crippen molar-refractivity contribution >= 4 is 21.6 Å². The standard InChI is InChI=1S/C19H21FN2O3S/c20-17-10-3-4-11-18(17)26(24,25)21-16-9-7-8-15(14-16)19(23)22-12-5-1-2-6-13-22/h3-4,7-11,14,21H,1-2,5-6,12-13H2. The van der Waals surface area contributed by atoms with Gasteiger partial charge in [-0.15, -0.1) is 0 Å². The summed E-state index contributed by atoms with van der Waals surface area (Å²) in [5.41, 5.74) is 0.648. The second-order valence-electron chi connectivity index (χ2n) is 6.32. The van der Waals surface area contributed by atoms with E-state index in [1.54, 1.807) is 17.0 Å². The number of rotatable bonds is 4. The quantitative estimate of drug-likeness (QED) is 0.886. The van der Waals surface area contributed by atoms with Crippen LogP contribution >= 0.6 is 0 Å². The van der Waals surface area contributed by atoms with Crippen LogP contribution in [-0.2, 0) is 10.0 Å². The van der Waals surface area contributed by atoms with Crippen LogP contribution in [0.2, 0.25) is 0 Å². The third-order valence-corrected chi connectivity index (χ3v) is 5.80. The zero-order valence-electron chi connectivity index (χ0n) is 14.3. The first-order valence-electron chi connectivity index (χ1n) is 8.64. The highest BCUT2D eigenvalue weighted by Crippen LogP contribution is 2.21. The Balaban J connectivity index is 1.81. The topological polar surface area (TPSA) is 66.5 Å². The summed E-state index contributed by atoms with van der Waals surface area (Å²) in [4.78, 5) is 14.1. The van der Waals surface area contributed by atoms with E-state index in [0.29, 0.717) is 18.7 Å². The Morgan fingerprint density at radius 2 is 1.65 bits per heavy atom. The third-order valence-electron chi connectivity index (χ3n) is 4.38. The van der Waals surface area contributed by atoms with Gasteiger partial charge in [-0.3, -0.25) is 9.52 Å². The van der Waals surface area contributed by atoms with E-state index in [9.17, 15) is 17.6 Å². The third kappa shape index (κ3) is 4.22. The molecule has 138 valence electrons. The largest absolute Gasteiger partial charge is 0.339 e. The molecule has 1 amide bonds. The minimum Gasteiger partial charge on any atom is -0.339 e. The number of hydrogen-bond donors (Lipinski definition) is 1. The number of halogens is 1. The van der Waals surface area contributed by atoms with Crippen molar-refractivity contribution in [2.24, 2.45) is 0 Å². The van der Waals surface area contributed by atoms with Crippen LogP contribution in [0.25, 0.3) is 0 Å². The maximum absolute atomic E-state index is 13.8. The van der Waals surface area contributed by atoms with Crippen molar-refractivity contribution in [3.63, 3.8) is 0 Å². The molecule has 7 heteroatoms. The van der Waals surface area contributed by atoms with E-state index in [1.165, 1.54) is 30.3 Å². The summed E-state index contributed by atoms with van der Waals surface area (Å²) >= 11 is 0. The normalized spacial score (nSPS) is 15.3. The summed E-state index contributed by atoms with van der Waals surface area (Å²) in [6.07, 6.45) is 4.19. The number of carbonyl (C=O) groups excluding carboxylic acids is 1. The molecule has 0 unspecified atom stereocenters. The summed E-state index contributed by atoms with van der Waals surface area (Å²) in [5, 5.41) is 0. The summed E-state index contributed by atoms with van der Waals surface area (Å²) in [6, 6.07) is 11.5. The van der Waals surface area contributed by atoms with Gasteiger partial charge in [-0.05, 0) is 43.2 Å². The molecule has 1 N–H and O–H groups in total. The van der Waals surface area contributed by atoms with E-state index in [1.807, 2.05) is 0 Å². The average Bonchev–Trinajstić information content (AvgIpc) is 2.90. The van der Waals surface area contributed by atoms with Gasteiger partial charge in [-0.1, -0.05) is 31.0 Å². The molecule has 5 nitrogen and oxygen atoms in total. The van der Waals surface area contributed by atoms with Crippen LogP contribution in [0.3, 0.4) is 0 Å². The van der Waals surface area contributed by atoms with Crippen LogP contribution in [-0.4, -0.2) is 32.3 Å². The predicted molar refractivity (Wildman–Crippen MR) is 98.0 cm³/mol. The maximum atomic E-state index is 13.8. The summed E-state index contributed by atoms with van der Waals surface area (Å²) in [7, 11) is -4.07. The highest BCUT2D eigenvalue weighted by atomic mass is 32.2. The van der Waals surface area contributed by atoms with Crippen molar-refractivity contribution in [1.29, 1.82) is 0 Å². The molecule has 2 aromatic rings. The van der Waals surface area contributed by atoms with Crippen molar-refractivity contribution < 1.29 is 17.6 Å². The van der Waals surface area contributed by atoms with Gasteiger partial charge < -0.3 is 4.90 Å². The second kappa shape index (κ2) is 7.86. The molecule has 0 saturated carbocycles. The predicted octanol–water partition coefficient (Wildman–Crippen LogP) is 3.64.